The highest BCUT2D eigenvalue weighted by molar-refractivity contribution is 5.88. The monoisotopic (exact) mass is 296 g/mol. The molecular weight excluding hydrogens is 280 g/mol. The fourth-order valence-corrected chi connectivity index (χ4v) is 2.93. The first-order valence-corrected chi connectivity index (χ1v) is 7.25. The standard InChI is InChI=1S/C16H16N4O2/c1-10(2)19-6-5-16-14(9-19)13(8-17)12-7-11(20(21)22)3-4-15(12)18-16/h3-4,7,10H,5-6,9H2,1-2H3. The molecule has 0 N–H and O–H groups in total. The van der Waals surface area contributed by atoms with Crippen LogP contribution in [0.25, 0.3) is 10.9 Å². The van der Waals surface area contributed by atoms with Crippen molar-refractivity contribution in [2.45, 2.75) is 32.9 Å². The second-order valence-electron chi connectivity index (χ2n) is 5.80. The van der Waals surface area contributed by atoms with Gasteiger partial charge in [0.1, 0.15) is 6.07 Å². The quantitative estimate of drug-likeness (QED) is 0.628. The molecule has 0 saturated carbocycles. The summed E-state index contributed by atoms with van der Waals surface area (Å²) < 4.78 is 0. The first kappa shape index (κ1) is 14.4. The van der Waals surface area contributed by atoms with Crippen molar-refractivity contribution in [3.05, 3.63) is 45.1 Å². The van der Waals surface area contributed by atoms with Gasteiger partial charge < -0.3 is 0 Å². The van der Waals surface area contributed by atoms with Crippen LogP contribution in [0.5, 0.6) is 0 Å². The van der Waals surface area contributed by atoms with Crippen LogP contribution >= 0.6 is 0 Å². The van der Waals surface area contributed by atoms with Crippen molar-refractivity contribution < 1.29 is 4.92 Å². The number of fused-ring (bicyclic) bond motifs is 2. The summed E-state index contributed by atoms with van der Waals surface area (Å²) in [5.74, 6) is 0. The molecule has 2 heterocycles. The van der Waals surface area contributed by atoms with E-state index in [0.29, 0.717) is 29.1 Å². The number of nitrogens with zero attached hydrogens (tertiary/aromatic N) is 4. The highest BCUT2D eigenvalue weighted by atomic mass is 16.6. The molecule has 1 aromatic heterocycles. The van der Waals surface area contributed by atoms with Crippen molar-refractivity contribution in [3.63, 3.8) is 0 Å². The molecule has 1 aliphatic heterocycles. The molecule has 2 aromatic rings. The Morgan fingerprint density at radius 1 is 1.45 bits per heavy atom. The van der Waals surface area contributed by atoms with Crippen molar-refractivity contribution in [2.75, 3.05) is 6.54 Å². The predicted molar refractivity (Wildman–Crippen MR) is 82.4 cm³/mol. The van der Waals surface area contributed by atoms with Gasteiger partial charge in [0.2, 0.25) is 0 Å². The molecule has 0 amide bonds. The van der Waals surface area contributed by atoms with Gasteiger partial charge in [0.15, 0.2) is 0 Å². The van der Waals surface area contributed by atoms with Gasteiger partial charge in [-0.05, 0) is 19.9 Å². The van der Waals surface area contributed by atoms with Crippen LogP contribution in [0.15, 0.2) is 18.2 Å². The zero-order valence-corrected chi connectivity index (χ0v) is 12.5. The fraction of sp³-hybridized carbons (Fsp3) is 0.375. The average Bonchev–Trinajstić information content (AvgIpc) is 2.51. The van der Waals surface area contributed by atoms with E-state index >= 15 is 0 Å². The first-order valence-electron chi connectivity index (χ1n) is 7.25. The van der Waals surface area contributed by atoms with E-state index < -0.39 is 4.92 Å². The van der Waals surface area contributed by atoms with E-state index in [0.717, 1.165) is 24.2 Å². The molecule has 0 radical (unpaired) electrons. The summed E-state index contributed by atoms with van der Waals surface area (Å²) >= 11 is 0. The molecular formula is C16H16N4O2. The summed E-state index contributed by atoms with van der Waals surface area (Å²) in [6.07, 6.45) is 0.801. The third-order valence-corrected chi connectivity index (χ3v) is 4.20. The number of hydrogen-bond donors (Lipinski definition) is 0. The molecule has 1 aromatic carbocycles. The lowest BCUT2D eigenvalue weighted by Gasteiger charge is -2.32. The number of non-ortho nitro benzene ring substituents is 1. The average molecular weight is 296 g/mol. The lowest BCUT2D eigenvalue weighted by molar-refractivity contribution is -0.384. The summed E-state index contributed by atoms with van der Waals surface area (Å²) in [7, 11) is 0. The number of aromatic nitrogens is 1. The van der Waals surface area contributed by atoms with Crippen LogP contribution in [-0.2, 0) is 13.0 Å². The van der Waals surface area contributed by atoms with Gasteiger partial charge in [0.05, 0.1) is 16.0 Å². The van der Waals surface area contributed by atoms with Crippen molar-refractivity contribution >= 4 is 16.6 Å². The molecule has 3 rings (SSSR count). The summed E-state index contributed by atoms with van der Waals surface area (Å²) in [6.45, 7) is 5.83. The van der Waals surface area contributed by atoms with Crippen LogP contribution in [0.3, 0.4) is 0 Å². The molecule has 6 heteroatoms. The van der Waals surface area contributed by atoms with Crippen molar-refractivity contribution in [1.29, 1.82) is 5.26 Å². The lowest BCUT2D eigenvalue weighted by atomic mass is 9.95. The number of benzene rings is 1. The SMILES string of the molecule is CC(C)N1CCc2nc3ccc([N+](=O)[O-])cc3c(C#N)c2C1. The molecule has 112 valence electrons. The fourth-order valence-electron chi connectivity index (χ4n) is 2.93. The van der Waals surface area contributed by atoms with Crippen LogP contribution in [0, 0.1) is 21.4 Å². The van der Waals surface area contributed by atoms with E-state index in [1.165, 1.54) is 12.1 Å². The minimum atomic E-state index is -0.444. The van der Waals surface area contributed by atoms with Gasteiger partial charge in [-0.1, -0.05) is 0 Å². The Morgan fingerprint density at radius 3 is 2.86 bits per heavy atom. The zero-order chi connectivity index (χ0) is 15.9. The second-order valence-corrected chi connectivity index (χ2v) is 5.80. The van der Waals surface area contributed by atoms with Crippen LogP contribution in [0.4, 0.5) is 5.69 Å². The number of pyridine rings is 1. The van der Waals surface area contributed by atoms with Crippen LogP contribution in [-0.4, -0.2) is 27.4 Å². The van der Waals surface area contributed by atoms with Crippen molar-refractivity contribution in [1.82, 2.24) is 9.88 Å². The molecule has 0 fully saturated rings. The Hall–Kier alpha value is -2.52. The van der Waals surface area contributed by atoms with E-state index in [-0.39, 0.29) is 5.69 Å². The van der Waals surface area contributed by atoms with Crippen LogP contribution < -0.4 is 0 Å². The number of rotatable bonds is 2. The largest absolute Gasteiger partial charge is 0.296 e. The molecule has 0 spiro atoms. The summed E-state index contributed by atoms with van der Waals surface area (Å²) in [5, 5.41) is 21.1. The number of nitro benzene ring substituents is 1. The van der Waals surface area contributed by atoms with Gasteiger partial charge in [-0.3, -0.25) is 20.0 Å². The maximum Gasteiger partial charge on any atom is 0.270 e. The molecule has 0 unspecified atom stereocenters. The van der Waals surface area contributed by atoms with Crippen LogP contribution in [0.1, 0.15) is 30.7 Å². The van der Waals surface area contributed by atoms with Gasteiger partial charge in [-0.2, -0.15) is 5.26 Å². The molecule has 6 nitrogen and oxygen atoms in total. The molecule has 1 aliphatic rings. The van der Waals surface area contributed by atoms with Gasteiger partial charge >= 0.3 is 0 Å². The Kier molecular flexibility index (Phi) is 3.51. The highest BCUT2D eigenvalue weighted by Crippen LogP contribution is 2.30. The van der Waals surface area contributed by atoms with Gasteiger partial charge in [0.25, 0.3) is 5.69 Å². The third kappa shape index (κ3) is 2.30. The number of nitro groups is 1. The van der Waals surface area contributed by atoms with Gasteiger partial charge in [0, 0.05) is 54.3 Å². The minimum Gasteiger partial charge on any atom is -0.296 e. The van der Waals surface area contributed by atoms with Crippen molar-refractivity contribution in [3.8, 4) is 6.07 Å². The predicted octanol–water partition coefficient (Wildman–Crippen LogP) is 2.78. The maximum atomic E-state index is 11.0. The molecule has 0 atom stereocenters. The van der Waals surface area contributed by atoms with E-state index in [4.69, 9.17) is 0 Å². The van der Waals surface area contributed by atoms with Gasteiger partial charge in [-0.15, -0.1) is 0 Å². The molecule has 0 aliphatic carbocycles. The maximum absolute atomic E-state index is 11.0. The van der Waals surface area contributed by atoms with E-state index in [1.54, 1.807) is 6.07 Å². The van der Waals surface area contributed by atoms with E-state index in [2.05, 4.69) is 29.8 Å². The number of hydrogen-bond acceptors (Lipinski definition) is 5. The molecule has 22 heavy (non-hydrogen) atoms. The summed E-state index contributed by atoms with van der Waals surface area (Å²) in [5.41, 5.74) is 3.01. The number of nitriles is 1. The highest BCUT2D eigenvalue weighted by Gasteiger charge is 2.24. The van der Waals surface area contributed by atoms with E-state index in [1.807, 2.05) is 0 Å². The normalized spacial score (nSPS) is 14.8. The van der Waals surface area contributed by atoms with Crippen LogP contribution in [0.2, 0.25) is 0 Å². The molecule has 0 bridgehead atoms. The molecule has 0 saturated heterocycles. The second kappa shape index (κ2) is 5.35. The third-order valence-electron chi connectivity index (χ3n) is 4.20. The first-order chi connectivity index (χ1) is 10.5. The Labute approximate surface area is 128 Å². The summed E-state index contributed by atoms with van der Waals surface area (Å²) in [6, 6.07) is 7.14. The topological polar surface area (TPSA) is 83.1 Å². The zero-order valence-electron chi connectivity index (χ0n) is 12.5. The van der Waals surface area contributed by atoms with Gasteiger partial charge in [-0.25, -0.2) is 0 Å². The van der Waals surface area contributed by atoms with E-state index in [9.17, 15) is 15.4 Å². The van der Waals surface area contributed by atoms with Crippen molar-refractivity contribution in [2.24, 2.45) is 0 Å². The Bertz CT molecular complexity index is 808. The summed E-state index contributed by atoms with van der Waals surface area (Å²) in [4.78, 5) is 17.4. The minimum absolute atomic E-state index is 0.0118. The Balaban J connectivity index is 2.22. The lowest BCUT2D eigenvalue weighted by Crippen LogP contribution is -2.36. The Morgan fingerprint density at radius 2 is 2.23 bits per heavy atom. The smallest absolute Gasteiger partial charge is 0.270 e.